The number of hydrogen-bond donors (Lipinski definition) is 0. The van der Waals surface area contributed by atoms with Crippen LogP contribution in [0.3, 0.4) is 0 Å². The first-order chi connectivity index (χ1) is 15.9. The molecule has 7 nitrogen and oxygen atoms in total. The Balaban J connectivity index is 4.88. The van der Waals surface area contributed by atoms with Crippen molar-refractivity contribution in [3.63, 3.8) is 0 Å². The lowest BCUT2D eigenvalue weighted by atomic mass is 10.1. The Kier molecular flexibility index (Phi) is 20.2. The van der Waals surface area contributed by atoms with Gasteiger partial charge in [-0.2, -0.15) is 0 Å². The lowest BCUT2D eigenvalue weighted by Crippen LogP contribution is -2.52. The van der Waals surface area contributed by atoms with Crippen molar-refractivity contribution >= 4 is 27.0 Å². The molecule has 0 saturated heterocycles. The maximum atomic E-state index is 12.4. The quantitative estimate of drug-likeness (QED) is 0.123. The van der Waals surface area contributed by atoms with Crippen molar-refractivity contribution in [3.05, 3.63) is 0 Å². The molecule has 8 heteroatoms. The predicted octanol–water partition coefficient (Wildman–Crippen LogP) is 6.78. The summed E-state index contributed by atoms with van der Waals surface area (Å²) in [5, 5.41) is 0. The second kappa shape index (κ2) is 21.1. The average molecular weight is 489 g/mol. The van der Waals surface area contributed by atoms with Gasteiger partial charge >= 0.3 is 9.05 Å². The van der Waals surface area contributed by atoms with Crippen molar-refractivity contribution < 1.29 is 32.1 Å². The van der Waals surface area contributed by atoms with Gasteiger partial charge in [-0.05, 0) is 19.3 Å². The summed E-state index contributed by atoms with van der Waals surface area (Å²) in [4.78, 5) is 37.3. The zero-order chi connectivity index (χ0) is 24.8. The molecular formula is C25H48O7Si. The van der Waals surface area contributed by atoms with E-state index in [1.54, 1.807) is 0 Å². The molecule has 0 rings (SSSR count). The summed E-state index contributed by atoms with van der Waals surface area (Å²) in [7, 11) is -2.98. The number of carbonyl (C=O) groups is 3. The second-order valence-electron chi connectivity index (χ2n) is 8.62. The number of carbonyl (C=O) groups excluding carboxylic acids is 3. The van der Waals surface area contributed by atoms with Crippen LogP contribution < -0.4 is 0 Å². The van der Waals surface area contributed by atoms with Crippen LogP contribution in [0.25, 0.3) is 0 Å². The summed E-state index contributed by atoms with van der Waals surface area (Å²) in [6.07, 6.45) is 15.2. The molecule has 0 spiro atoms. The predicted molar refractivity (Wildman–Crippen MR) is 131 cm³/mol. The largest absolute Gasteiger partial charge is 0.898 e. The van der Waals surface area contributed by atoms with E-state index < -0.39 is 27.0 Å². The Hall–Kier alpha value is -1.41. The molecule has 0 aromatic rings. The molecule has 0 radical (unpaired) electrons. The maximum Gasteiger partial charge on any atom is 0.898 e. The van der Waals surface area contributed by atoms with Gasteiger partial charge in [-0.3, -0.25) is 14.4 Å². The summed E-state index contributed by atoms with van der Waals surface area (Å²) >= 11 is 0. The highest BCUT2D eigenvalue weighted by Crippen LogP contribution is 2.18. The van der Waals surface area contributed by atoms with Gasteiger partial charge in [0.2, 0.25) is 0 Å². The summed E-state index contributed by atoms with van der Waals surface area (Å²) in [6.45, 7) is 6.38. The van der Waals surface area contributed by atoms with Gasteiger partial charge in [0.15, 0.2) is 0 Å². The van der Waals surface area contributed by atoms with Crippen LogP contribution in [0.5, 0.6) is 0 Å². The highest BCUT2D eigenvalue weighted by Gasteiger charge is 2.57. The fourth-order valence-electron chi connectivity index (χ4n) is 3.38. The van der Waals surface area contributed by atoms with Crippen LogP contribution in [-0.2, 0) is 32.1 Å². The van der Waals surface area contributed by atoms with Crippen LogP contribution in [0.2, 0.25) is 0 Å². The third-order valence-corrected chi connectivity index (χ3v) is 7.35. The highest BCUT2D eigenvalue weighted by atomic mass is 28.4. The summed E-state index contributed by atoms with van der Waals surface area (Å²) in [5.74, 6) is -1.69. The van der Waals surface area contributed by atoms with Gasteiger partial charge in [0, 0.05) is 26.4 Å². The minimum absolute atomic E-state index is 0.172. The summed E-state index contributed by atoms with van der Waals surface area (Å²) in [5.41, 5.74) is 0. The Morgan fingerprint density at radius 2 is 0.758 bits per heavy atom. The molecule has 0 aromatic carbocycles. The molecule has 0 N–H and O–H groups in total. The van der Waals surface area contributed by atoms with Crippen LogP contribution in [0.1, 0.15) is 136 Å². The van der Waals surface area contributed by atoms with E-state index in [4.69, 9.17) is 17.7 Å². The Labute approximate surface area is 202 Å². The Bertz CT molecular complexity index is 456. The van der Waals surface area contributed by atoms with E-state index in [2.05, 4.69) is 20.8 Å². The zero-order valence-corrected chi connectivity index (χ0v) is 22.6. The van der Waals surface area contributed by atoms with Crippen LogP contribution in [0.15, 0.2) is 0 Å². The fourth-order valence-corrected chi connectivity index (χ4v) is 4.90. The second-order valence-corrected chi connectivity index (χ2v) is 10.6. The standard InChI is InChI=1S/C25H48O7Si/c1-5-8-11-14-17-20-23(26)30-33(29-4,31-24(27)21-18-15-12-9-6-2)32-25(28)22-19-16-13-10-7-3/h5-22H2,1-4H3. The van der Waals surface area contributed by atoms with Gasteiger partial charge in [0.1, 0.15) is 0 Å². The molecule has 0 bridgehead atoms. The Morgan fingerprint density at radius 3 is 1.00 bits per heavy atom. The Morgan fingerprint density at radius 1 is 0.485 bits per heavy atom. The topological polar surface area (TPSA) is 88.1 Å². The van der Waals surface area contributed by atoms with Gasteiger partial charge in [0.25, 0.3) is 17.9 Å². The molecule has 0 aromatic heterocycles. The number of rotatable bonds is 22. The molecule has 0 aliphatic rings. The van der Waals surface area contributed by atoms with Gasteiger partial charge in [-0.1, -0.05) is 97.8 Å². The summed E-state index contributed by atoms with van der Waals surface area (Å²) < 4.78 is 21.5. The normalized spacial score (nSPS) is 11.3. The van der Waals surface area contributed by atoms with E-state index in [1.807, 2.05) is 0 Å². The third kappa shape index (κ3) is 17.7. The highest BCUT2D eigenvalue weighted by molar-refractivity contribution is 6.59. The number of unbranched alkanes of at least 4 members (excludes halogenated alkanes) is 12. The first-order valence-electron chi connectivity index (χ1n) is 13.1. The molecule has 0 amide bonds. The molecule has 0 unspecified atom stereocenters. The molecule has 0 aliphatic carbocycles. The molecule has 0 atom stereocenters. The summed E-state index contributed by atoms with van der Waals surface area (Å²) in [6, 6.07) is 0. The lowest BCUT2D eigenvalue weighted by molar-refractivity contribution is -0.158. The maximum absolute atomic E-state index is 12.4. The van der Waals surface area contributed by atoms with Crippen LogP contribution in [0.4, 0.5) is 0 Å². The zero-order valence-electron chi connectivity index (χ0n) is 21.6. The van der Waals surface area contributed by atoms with Gasteiger partial charge in [-0.25, -0.2) is 0 Å². The molecule has 0 aliphatic heterocycles. The average Bonchev–Trinajstić information content (AvgIpc) is 2.78. The SMILES string of the molecule is CCCCCCCC(=O)O[Si](OC)(OC(=O)CCCCCCC)OC(=O)CCCCCCC. The van der Waals surface area contributed by atoms with Crippen molar-refractivity contribution in [1.29, 1.82) is 0 Å². The van der Waals surface area contributed by atoms with E-state index in [0.717, 1.165) is 77.0 Å². The first-order valence-corrected chi connectivity index (χ1v) is 14.8. The van der Waals surface area contributed by atoms with Crippen LogP contribution in [0, 0.1) is 0 Å². The van der Waals surface area contributed by atoms with Crippen LogP contribution in [-0.4, -0.2) is 34.1 Å². The monoisotopic (exact) mass is 488 g/mol. The molecule has 33 heavy (non-hydrogen) atoms. The minimum atomic E-state index is -4.23. The third-order valence-electron chi connectivity index (χ3n) is 5.42. The molecule has 194 valence electrons. The van der Waals surface area contributed by atoms with Crippen molar-refractivity contribution in [3.8, 4) is 0 Å². The first kappa shape index (κ1) is 31.6. The van der Waals surface area contributed by atoms with Crippen molar-refractivity contribution in [2.24, 2.45) is 0 Å². The van der Waals surface area contributed by atoms with Crippen molar-refractivity contribution in [2.75, 3.05) is 7.11 Å². The van der Waals surface area contributed by atoms with E-state index in [9.17, 15) is 14.4 Å². The number of hydrogen-bond acceptors (Lipinski definition) is 7. The van der Waals surface area contributed by atoms with Gasteiger partial charge in [-0.15, -0.1) is 0 Å². The van der Waals surface area contributed by atoms with E-state index >= 15 is 0 Å². The van der Waals surface area contributed by atoms with Crippen molar-refractivity contribution in [2.45, 2.75) is 136 Å². The van der Waals surface area contributed by atoms with E-state index in [0.29, 0.717) is 19.3 Å². The van der Waals surface area contributed by atoms with Gasteiger partial charge in [0.05, 0.1) is 0 Å². The van der Waals surface area contributed by atoms with E-state index in [1.165, 1.54) is 7.11 Å². The van der Waals surface area contributed by atoms with Crippen LogP contribution >= 0.6 is 0 Å². The molecule has 0 fully saturated rings. The molecule has 0 heterocycles. The van der Waals surface area contributed by atoms with Crippen molar-refractivity contribution in [1.82, 2.24) is 0 Å². The molecule has 0 saturated carbocycles. The van der Waals surface area contributed by atoms with Gasteiger partial charge < -0.3 is 17.7 Å². The minimum Gasteiger partial charge on any atom is -0.433 e. The smallest absolute Gasteiger partial charge is 0.433 e. The molecular weight excluding hydrogens is 440 g/mol. The lowest BCUT2D eigenvalue weighted by Gasteiger charge is -2.24. The van der Waals surface area contributed by atoms with E-state index in [-0.39, 0.29) is 19.3 Å². The fraction of sp³-hybridized carbons (Fsp3) is 0.880.